The fourth-order valence-corrected chi connectivity index (χ4v) is 4.80. The minimum atomic E-state index is -3.03. The van der Waals surface area contributed by atoms with E-state index in [0.717, 1.165) is 44.6 Å². The van der Waals surface area contributed by atoms with E-state index in [-0.39, 0.29) is 5.25 Å². The highest BCUT2D eigenvalue weighted by Gasteiger charge is 2.40. The summed E-state index contributed by atoms with van der Waals surface area (Å²) >= 11 is 0. The molecule has 1 aromatic rings. The lowest BCUT2D eigenvalue weighted by atomic mass is 10.2. The van der Waals surface area contributed by atoms with E-state index >= 15 is 0 Å². The van der Waals surface area contributed by atoms with Crippen molar-refractivity contribution in [1.82, 2.24) is 9.21 Å². The van der Waals surface area contributed by atoms with Crippen LogP contribution >= 0.6 is 0 Å². The number of hydrogen-bond acceptors (Lipinski definition) is 4. The molecule has 3 rings (SSSR count). The SMILES string of the molecule is COc1ccc(CN2CCCN(S(=O)(=O)C3CC3)CC2)cc1. The number of sulfonamides is 1. The second-order valence-corrected chi connectivity index (χ2v) is 8.33. The summed E-state index contributed by atoms with van der Waals surface area (Å²) in [6, 6.07) is 8.08. The Labute approximate surface area is 132 Å². The Morgan fingerprint density at radius 2 is 1.82 bits per heavy atom. The first-order valence-corrected chi connectivity index (χ1v) is 9.44. The van der Waals surface area contributed by atoms with Crippen LogP contribution in [-0.4, -0.2) is 56.2 Å². The molecule has 122 valence electrons. The van der Waals surface area contributed by atoms with E-state index in [2.05, 4.69) is 17.0 Å². The number of methoxy groups -OCH3 is 1. The summed E-state index contributed by atoms with van der Waals surface area (Å²) in [5.74, 6) is 0.862. The summed E-state index contributed by atoms with van der Waals surface area (Å²) in [6.07, 6.45) is 2.59. The Hall–Kier alpha value is -1.11. The molecule has 0 aromatic heterocycles. The Bertz CT molecular complexity index is 596. The second-order valence-electron chi connectivity index (χ2n) is 6.12. The van der Waals surface area contributed by atoms with Crippen LogP contribution in [0.3, 0.4) is 0 Å². The molecule has 1 saturated heterocycles. The fourth-order valence-electron chi connectivity index (χ4n) is 2.93. The molecule has 1 aliphatic heterocycles. The van der Waals surface area contributed by atoms with Gasteiger partial charge in [0.1, 0.15) is 5.75 Å². The second kappa shape index (κ2) is 6.56. The van der Waals surface area contributed by atoms with Gasteiger partial charge in [-0.3, -0.25) is 4.90 Å². The van der Waals surface area contributed by atoms with E-state index in [9.17, 15) is 8.42 Å². The lowest BCUT2D eigenvalue weighted by Gasteiger charge is -2.21. The van der Waals surface area contributed by atoms with Gasteiger partial charge in [0.25, 0.3) is 0 Å². The Morgan fingerprint density at radius 3 is 2.45 bits per heavy atom. The molecule has 1 aliphatic carbocycles. The van der Waals surface area contributed by atoms with Crippen molar-refractivity contribution in [2.24, 2.45) is 0 Å². The van der Waals surface area contributed by atoms with Crippen molar-refractivity contribution in [3.8, 4) is 5.75 Å². The molecule has 0 amide bonds. The fraction of sp³-hybridized carbons (Fsp3) is 0.625. The molecule has 1 heterocycles. The number of nitrogens with zero attached hydrogens (tertiary/aromatic N) is 2. The number of benzene rings is 1. The number of hydrogen-bond donors (Lipinski definition) is 0. The molecule has 0 atom stereocenters. The van der Waals surface area contributed by atoms with Crippen molar-refractivity contribution in [2.75, 3.05) is 33.3 Å². The molecule has 0 radical (unpaired) electrons. The molecule has 6 heteroatoms. The standard InChI is InChI=1S/C16H24N2O3S/c1-21-15-5-3-14(4-6-15)13-17-9-2-10-18(12-11-17)22(19,20)16-7-8-16/h3-6,16H,2,7-13H2,1H3. The van der Waals surface area contributed by atoms with Gasteiger partial charge < -0.3 is 4.74 Å². The molecular formula is C16H24N2O3S. The van der Waals surface area contributed by atoms with Gasteiger partial charge in [-0.15, -0.1) is 0 Å². The van der Waals surface area contributed by atoms with Gasteiger partial charge in [-0.2, -0.15) is 0 Å². The third-order valence-electron chi connectivity index (χ3n) is 4.42. The zero-order valence-corrected chi connectivity index (χ0v) is 13.9. The lowest BCUT2D eigenvalue weighted by Crippen LogP contribution is -2.37. The first-order chi connectivity index (χ1) is 10.6. The molecule has 0 unspecified atom stereocenters. The molecule has 2 fully saturated rings. The topological polar surface area (TPSA) is 49.9 Å². The van der Waals surface area contributed by atoms with Gasteiger partial charge in [-0.25, -0.2) is 12.7 Å². The smallest absolute Gasteiger partial charge is 0.217 e. The van der Waals surface area contributed by atoms with E-state index in [1.165, 1.54) is 5.56 Å². The molecule has 0 spiro atoms. The molecular weight excluding hydrogens is 300 g/mol. The van der Waals surface area contributed by atoms with Crippen LogP contribution in [0.25, 0.3) is 0 Å². The summed E-state index contributed by atoms with van der Waals surface area (Å²) in [5.41, 5.74) is 1.24. The van der Waals surface area contributed by atoms with Crippen molar-refractivity contribution in [3.05, 3.63) is 29.8 Å². The van der Waals surface area contributed by atoms with E-state index in [1.807, 2.05) is 12.1 Å². The van der Waals surface area contributed by atoms with E-state index < -0.39 is 10.0 Å². The van der Waals surface area contributed by atoms with Crippen LogP contribution < -0.4 is 4.74 Å². The lowest BCUT2D eigenvalue weighted by molar-refractivity contribution is 0.278. The molecule has 1 saturated carbocycles. The summed E-state index contributed by atoms with van der Waals surface area (Å²) < 4.78 is 31.5. The van der Waals surface area contributed by atoms with E-state index in [0.29, 0.717) is 13.1 Å². The monoisotopic (exact) mass is 324 g/mol. The van der Waals surface area contributed by atoms with Gasteiger partial charge in [-0.05, 0) is 43.5 Å². The number of rotatable bonds is 5. The van der Waals surface area contributed by atoms with Gasteiger partial charge >= 0.3 is 0 Å². The molecule has 5 nitrogen and oxygen atoms in total. The van der Waals surface area contributed by atoms with Gasteiger partial charge in [-0.1, -0.05) is 12.1 Å². The summed E-state index contributed by atoms with van der Waals surface area (Å²) in [4.78, 5) is 2.34. The molecule has 2 aliphatic rings. The quantitative estimate of drug-likeness (QED) is 0.827. The van der Waals surface area contributed by atoms with Crippen molar-refractivity contribution in [1.29, 1.82) is 0 Å². The van der Waals surface area contributed by atoms with Crippen molar-refractivity contribution < 1.29 is 13.2 Å². The largest absolute Gasteiger partial charge is 0.497 e. The minimum Gasteiger partial charge on any atom is -0.497 e. The summed E-state index contributed by atoms with van der Waals surface area (Å²) in [7, 11) is -1.36. The maximum absolute atomic E-state index is 12.3. The Kier molecular flexibility index (Phi) is 4.70. The maximum Gasteiger partial charge on any atom is 0.217 e. The van der Waals surface area contributed by atoms with Crippen molar-refractivity contribution >= 4 is 10.0 Å². The van der Waals surface area contributed by atoms with Crippen molar-refractivity contribution in [3.63, 3.8) is 0 Å². The summed E-state index contributed by atoms with van der Waals surface area (Å²) in [6.45, 7) is 3.90. The minimum absolute atomic E-state index is 0.0966. The van der Waals surface area contributed by atoms with E-state index in [4.69, 9.17) is 4.74 Å². The zero-order valence-electron chi connectivity index (χ0n) is 13.1. The van der Waals surface area contributed by atoms with Crippen LogP contribution in [0.4, 0.5) is 0 Å². The predicted octanol–water partition coefficient (Wildman–Crippen LogP) is 1.70. The molecule has 0 N–H and O–H groups in total. The molecule has 1 aromatic carbocycles. The number of ether oxygens (including phenoxy) is 1. The van der Waals surface area contributed by atoms with Crippen LogP contribution in [0.2, 0.25) is 0 Å². The maximum atomic E-state index is 12.3. The predicted molar refractivity (Wildman–Crippen MR) is 86.4 cm³/mol. The highest BCUT2D eigenvalue weighted by atomic mass is 32.2. The van der Waals surface area contributed by atoms with E-state index in [1.54, 1.807) is 11.4 Å². The van der Waals surface area contributed by atoms with Crippen molar-refractivity contribution in [2.45, 2.75) is 31.1 Å². The van der Waals surface area contributed by atoms with Crippen LogP contribution in [0, 0.1) is 0 Å². The normalized spacial score (nSPS) is 21.5. The molecule has 0 bridgehead atoms. The van der Waals surface area contributed by atoms with Crippen LogP contribution in [-0.2, 0) is 16.6 Å². The van der Waals surface area contributed by atoms with Crippen LogP contribution in [0.15, 0.2) is 24.3 Å². The zero-order chi connectivity index (χ0) is 15.6. The first kappa shape index (κ1) is 15.8. The third kappa shape index (κ3) is 3.62. The van der Waals surface area contributed by atoms with Gasteiger partial charge in [0.05, 0.1) is 12.4 Å². The highest BCUT2D eigenvalue weighted by molar-refractivity contribution is 7.90. The average Bonchev–Trinajstić information content (AvgIpc) is 3.35. The first-order valence-electron chi connectivity index (χ1n) is 7.94. The third-order valence-corrected chi connectivity index (χ3v) is 6.82. The van der Waals surface area contributed by atoms with Gasteiger partial charge in [0, 0.05) is 26.2 Å². The molecule has 22 heavy (non-hydrogen) atoms. The van der Waals surface area contributed by atoms with Crippen LogP contribution in [0.1, 0.15) is 24.8 Å². The van der Waals surface area contributed by atoms with Gasteiger partial charge in [0.2, 0.25) is 10.0 Å². The highest BCUT2D eigenvalue weighted by Crippen LogP contribution is 2.31. The average molecular weight is 324 g/mol. The Balaban J connectivity index is 1.57. The van der Waals surface area contributed by atoms with Gasteiger partial charge in [0.15, 0.2) is 0 Å². The van der Waals surface area contributed by atoms with Crippen LogP contribution in [0.5, 0.6) is 5.75 Å². The summed E-state index contributed by atoms with van der Waals surface area (Å²) in [5, 5.41) is -0.0966. The Morgan fingerprint density at radius 1 is 1.09 bits per heavy atom.